The fourth-order valence-electron chi connectivity index (χ4n) is 1.30. The number of hydrogen-bond donors (Lipinski definition) is 2. The van der Waals surface area contributed by atoms with Crippen LogP contribution >= 0.6 is 45.8 Å². The number of hydrogen-bond acceptors (Lipinski definition) is 1. The molecular formula is C9H4Cl2INO2. The zero-order valence-corrected chi connectivity index (χ0v) is 10.8. The van der Waals surface area contributed by atoms with Gasteiger partial charge in [-0.1, -0.05) is 23.2 Å². The number of nitrogens with one attached hydrogen (secondary N) is 1. The van der Waals surface area contributed by atoms with E-state index in [1.165, 1.54) is 0 Å². The highest BCUT2D eigenvalue weighted by Crippen LogP contribution is 2.31. The van der Waals surface area contributed by atoms with Gasteiger partial charge in [0.25, 0.3) is 0 Å². The number of benzene rings is 1. The number of halogens is 3. The Morgan fingerprint density at radius 1 is 1.33 bits per heavy atom. The van der Waals surface area contributed by atoms with Crippen LogP contribution in [0.25, 0.3) is 10.9 Å². The molecule has 0 atom stereocenters. The predicted octanol–water partition coefficient (Wildman–Crippen LogP) is 3.78. The van der Waals surface area contributed by atoms with E-state index in [1.54, 1.807) is 12.1 Å². The van der Waals surface area contributed by atoms with E-state index in [-0.39, 0.29) is 5.69 Å². The summed E-state index contributed by atoms with van der Waals surface area (Å²) < 4.78 is 0.633. The van der Waals surface area contributed by atoms with Gasteiger partial charge in [-0.05, 0) is 34.7 Å². The van der Waals surface area contributed by atoms with Crippen molar-refractivity contribution in [3.63, 3.8) is 0 Å². The lowest BCUT2D eigenvalue weighted by atomic mass is 10.2. The molecule has 0 bridgehead atoms. The van der Waals surface area contributed by atoms with Crippen LogP contribution in [0.15, 0.2) is 12.1 Å². The van der Waals surface area contributed by atoms with Gasteiger partial charge in [0.15, 0.2) is 0 Å². The fourth-order valence-corrected chi connectivity index (χ4v) is 2.44. The smallest absolute Gasteiger partial charge is 0.353 e. The van der Waals surface area contributed by atoms with E-state index >= 15 is 0 Å². The Labute approximate surface area is 109 Å². The van der Waals surface area contributed by atoms with Crippen molar-refractivity contribution in [2.75, 3.05) is 0 Å². The SMILES string of the molecule is O=C(O)c1[nH]c2cc(Cl)c(Cl)cc2c1I. The van der Waals surface area contributed by atoms with Gasteiger partial charge in [-0.25, -0.2) is 4.79 Å². The first-order chi connectivity index (χ1) is 7.00. The number of aromatic amines is 1. The van der Waals surface area contributed by atoms with Gasteiger partial charge in [0.2, 0.25) is 0 Å². The maximum atomic E-state index is 10.9. The molecule has 0 aliphatic heterocycles. The lowest BCUT2D eigenvalue weighted by Crippen LogP contribution is -1.97. The molecule has 2 N–H and O–H groups in total. The molecule has 0 radical (unpaired) electrons. The molecule has 1 heterocycles. The summed E-state index contributed by atoms with van der Waals surface area (Å²) in [5, 5.41) is 10.5. The second kappa shape index (κ2) is 3.84. The molecule has 1 aromatic heterocycles. The molecular weight excluding hydrogens is 352 g/mol. The summed E-state index contributed by atoms with van der Waals surface area (Å²) in [5.41, 5.74) is 0.829. The summed E-state index contributed by atoms with van der Waals surface area (Å²) in [4.78, 5) is 13.6. The third-order valence-corrected chi connectivity index (χ3v) is 3.83. The van der Waals surface area contributed by atoms with E-state index in [4.69, 9.17) is 28.3 Å². The average Bonchev–Trinajstić information content (AvgIpc) is 2.46. The molecule has 1 aromatic carbocycles. The minimum atomic E-state index is -0.997. The van der Waals surface area contributed by atoms with Crippen LogP contribution < -0.4 is 0 Å². The Hall–Kier alpha value is -0.460. The largest absolute Gasteiger partial charge is 0.477 e. The first kappa shape index (κ1) is 11.0. The van der Waals surface area contributed by atoms with E-state index in [1.807, 2.05) is 22.6 Å². The van der Waals surface area contributed by atoms with E-state index < -0.39 is 5.97 Å². The number of aromatic nitrogens is 1. The fraction of sp³-hybridized carbons (Fsp3) is 0. The van der Waals surface area contributed by atoms with Gasteiger partial charge in [-0.3, -0.25) is 0 Å². The zero-order chi connectivity index (χ0) is 11.2. The van der Waals surface area contributed by atoms with Gasteiger partial charge in [0.05, 0.1) is 13.6 Å². The topological polar surface area (TPSA) is 53.1 Å². The molecule has 78 valence electrons. The summed E-state index contributed by atoms with van der Waals surface area (Å²) >= 11 is 13.6. The molecule has 6 heteroatoms. The molecule has 0 fully saturated rings. The van der Waals surface area contributed by atoms with Crippen LogP contribution in [-0.4, -0.2) is 16.1 Å². The monoisotopic (exact) mass is 355 g/mol. The average molecular weight is 356 g/mol. The second-order valence-electron chi connectivity index (χ2n) is 2.93. The van der Waals surface area contributed by atoms with E-state index in [9.17, 15) is 4.79 Å². The first-order valence-electron chi connectivity index (χ1n) is 3.90. The van der Waals surface area contributed by atoms with Crippen LogP contribution in [0.4, 0.5) is 0 Å². The maximum absolute atomic E-state index is 10.9. The standard InChI is InChI=1S/C9H4Cl2INO2/c10-4-1-3-6(2-5(4)11)13-8(7(3)12)9(14)15/h1-2,13H,(H,14,15). The van der Waals surface area contributed by atoms with Crippen molar-refractivity contribution >= 4 is 62.7 Å². The van der Waals surface area contributed by atoms with Crippen LogP contribution in [0, 0.1) is 3.57 Å². The Morgan fingerprint density at radius 2 is 1.93 bits per heavy atom. The summed E-state index contributed by atoms with van der Waals surface area (Å²) in [7, 11) is 0. The van der Waals surface area contributed by atoms with E-state index in [2.05, 4.69) is 4.98 Å². The predicted molar refractivity (Wildman–Crippen MR) is 68.0 cm³/mol. The number of aromatic carboxylic acids is 1. The lowest BCUT2D eigenvalue weighted by Gasteiger charge is -1.95. The minimum absolute atomic E-state index is 0.156. The molecule has 0 aliphatic carbocycles. The van der Waals surface area contributed by atoms with Crippen LogP contribution in [0.2, 0.25) is 10.0 Å². The Balaban J connectivity index is 2.83. The molecule has 2 aromatic rings. The highest BCUT2D eigenvalue weighted by molar-refractivity contribution is 14.1. The van der Waals surface area contributed by atoms with Gasteiger partial charge in [-0.15, -0.1) is 0 Å². The van der Waals surface area contributed by atoms with Gasteiger partial charge < -0.3 is 10.1 Å². The number of H-pyrrole nitrogens is 1. The van der Waals surface area contributed by atoms with Gasteiger partial charge in [0, 0.05) is 10.9 Å². The molecule has 0 amide bonds. The molecule has 0 unspecified atom stereocenters. The third-order valence-electron chi connectivity index (χ3n) is 1.99. The van der Waals surface area contributed by atoms with Gasteiger partial charge in [-0.2, -0.15) is 0 Å². The number of fused-ring (bicyclic) bond motifs is 1. The summed E-state index contributed by atoms with van der Waals surface area (Å²) in [6.45, 7) is 0. The first-order valence-corrected chi connectivity index (χ1v) is 5.73. The van der Waals surface area contributed by atoms with Gasteiger partial charge >= 0.3 is 5.97 Å². The van der Waals surface area contributed by atoms with Crippen molar-refractivity contribution in [2.45, 2.75) is 0 Å². The minimum Gasteiger partial charge on any atom is -0.477 e. The number of carboxylic acids is 1. The highest BCUT2D eigenvalue weighted by Gasteiger charge is 2.15. The normalized spacial score (nSPS) is 10.9. The van der Waals surface area contributed by atoms with Crippen molar-refractivity contribution in [1.82, 2.24) is 4.98 Å². The van der Waals surface area contributed by atoms with Crippen molar-refractivity contribution in [3.8, 4) is 0 Å². The van der Waals surface area contributed by atoms with Gasteiger partial charge in [0.1, 0.15) is 5.69 Å². The molecule has 0 saturated heterocycles. The second-order valence-corrected chi connectivity index (χ2v) is 4.82. The summed E-state index contributed by atoms with van der Waals surface area (Å²) in [6, 6.07) is 3.28. The van der Waals surface area contributed by atoms with Crippen LogP contribution in [0.5, 0.6) is 0 Å². The van der Waals surface area contributed by atoms with Crippen molar-refractivity contribution in [2.24, 2.45) is 0 Å². The van der Waals surface area contributed by atoms with Crippen molar-refractivity contribution in [1.29, 1.82) is 0 Å². The van der Waals surface area contributed by atoms with E-state index in [0.717, 1.165) is 5.39 Å². The van der Waals surface area contributed by atoms with Crippen molar-refractivity contribution < 1.29 is 9.90 Å². The van der Waals surface area contributed by atoms with Crippen LogP contribution in [0.3, 0.4) is 0 Å². The Morgan fingerprint density at radius 3 is 2.53 bits per heavy atom. The number of rotatable bonds is 1. The maximum Gasteiger partial charge on any atom is 0.353 e. The molecule has 0 spiro atoms. The van der Waals surface area contributed by atoms with E-state index in [0.29, 0.717) is 19.1 Å². The lowest BCUT2D eigenvalue weighted by molar-refractivity contribution is 0.0690. The Kier molecular flexibility index (Phi) is 2.83. The quantitative estimate of drug-likeness (QED) is 0.765. The molecule has 0 aliphatic rings. The number of carboxylic acid groups (broad SMARTS) is 1. The highest BCUT2D eigenvalue weighted by atomic mass is 127. The summed E-state index contributed by atoms with van der Waals surface area (Å²) in [5.74, 6) is -0.997. The molecule has 15 heavy (non-hydrogen) atoms. The Bertz CT molecular complexity index is 565. The van der Waals surface area contributed by atoms with Crippen molar-refractivity contribution in [3.05, 3.63) is 31.4 Å². The summed E-state index contributed by atoms with van der Waals surface area (Å²) in [6.07, 6.45) is 0. The molecule has 2 rings (SSSR count). The van der Waals surface area contributed by atoms with Crippen LogP contribution in [0.1, 0.15) is 10.5 Å². The number of carbonyl (C=O) groups is 1. The van der Waals surface area contributed by atoms with Crippen LogP contribution in [-0.2, 0) is 0 Å². The third kappa shape index (κ3) is 1.81. The molecule has 0 saturated carbocycles. The molecule has 3 nitrogen and oxygen atoms in total. The zero-order valence-electron chi connectivity index (χ0n) is 7.14.